The van der Waals surface area contributed by atoms with Crippen molar-refractivity contribution in [2.75, 3.05) is 18.0 Å². The SMILES string of the molecule is CCN(CC)c1ccc(C=c2sc3nc4cc(C)c(C)cc4n3c2=O)o1. The van der Waals surface area contributed by atoms with Gasteiger partial charge in [0.05, 0.1) is 11.0 Å². The number of aromatic nitrogens is 2. The van der Waals surface area contributed by atoms with E-state index in [9.17, 15) is 4.79 Å². The van der Waals surface area contributed by atoms with Crippen molar-refractivity contribution < 1.29 is 4.42 Å². The number of imidazole rings is 1. The molecule has 0 spiro atoms. The van der Waals surface area contributed by atoms with E-state index in [0.717, 1.165) is 40.5 Å². The lowest BCUT2D eigenvalue weighted by Gasteiger charge is -2.16. The van der Waals surface area contributed by atoms with Crippen molar-refractivity contribution in [3.05, 3.63) is 56.0 Å². The molecule has 3 aromatic heterocycles. The molecule has 0 radical (unpaired) electrons. The number of nitrogens with zero attached hydrogens (tertiary/aromatic N) is 3. The number of hydrogen-bond acceptors (Lipinski definition) is 5. The maximum absolute atomic E-state index is 12.9. The number of benzene rings is 1. The molecule has 0 fully saturated rings. The van der Waals surface area contributed by atoms with Gasteiger partial charge in [0, 0.05) is 25.2 Å². The third-order valence-corrected chi connectivity index (χ3v) is 5.78. The topological polar surface area (TPSA) is 50.8 Å². The summed E-state index contributed by atoms with van der Waals surface area (Å²) in [6.07, 6.45) is 1.81. The Kier molecular flexibility index (Phi) is 4.07. The monoisotopic (exact) mass is 367 g/mol. The van der Waals surface area contributed by atoms with Crippen LogP contribution in [0, 0.1) is 13.8 Å². The Morgan fingerprint density at radius 3 is 2.65 bits per heavy atom. The number of hydrogen-bond donors (Lipinski definition) is 0. The summed E-state index contributed by atoms with van der Waals surface area (Å²) in [7, 11) is 0. The second kappa shape index (κ2) is 6.29. The summed E-state index contributed by atoms with van der Waals surface area (Å²) in [6.45, 7) is 10.1. The fourth-order valence-corrected chi connectivity index (χ4v) is 4.14. The van der Waals surface area contributed by atoms with E-state index >= 15 is 0 Å². The number of fused-ring (bicyclic) bond motifs is 3. The summed E-state index contributed by atoms with van der Waals surface area (Å²) < 4.78 is 8.22. The van der Waals surface area contributed by atoms with Gasteiger partial charge in [-0.1, -0.05) is 11.3 Å². The largest absolute Gasteiger partial charge is 0.441 e. The van der Waals surface area contributed by atoms with Crippen LogP contribution in [0.5, 0.6) is 0 Å². The summed E-state index contributed by atoms with van der Waals surface area (Å²) >= 11 is 1.40. The second-order valence-corrected chi connectivity index (χ2v) is 7.43. The van der Waals surface area contributed by atoms with Gasteiger partial charge in [0.1, 0.15) is 10.3 Å². The molecule has 1 aromatic carbocycles. The van der Waals surface area contributed by atoms with Crippen LogP contribution in [0.4, 0.5) is 5.88 Å². The first-order valence-electron chi connectivity index (χ1n) is 8.80. The minimum atomic E-state index is -0.0449. The van der Waals surface area contributed by atoms with Gasteiger partial charge in [0.15, 0.2) is 10.8 Å². The Bertz CT molecular complexity index is 1210. The van der Waals surface area contributed by atoms with Crippen LogP contribution in [0.2, 0.25) is 0 Å². The van der Waals surface area contributed by atoms with Crippen LogP contribution in [0.25, 0.3) is 22.1 Å². The average Bonchev–Trinajstić information content (AvgIpc) is 3.27. The molecule has 0 saturated heterocycles. The fourth-order valence-electron chi connectivity index (χ4n) is 3.17. The van der Waals surface area contributed by atoms with E-state index < -0.39 is 0 Å². The third kappa shape index (κ3) is 2.61. The van der Waals surface area contributed by atoms with Gasteiger partial charge < -0.3 is 9.32 Å². The lowest BCUT2D eigenvalue weighted by atomic mass is 10.1. The second-order valence-electron chi connectivity index (χ2n) is 6.42. The van der Waals surface area contributed by atoms with E-state index in [1.165, 1.54) is 16.9 Å². The maximum Gasteiger partial charge on any atom is 0.275 e. The van der Waals surface area contributed by atoms with Gasteiger partial charge in [-0.05, 0) is 57.0 Å². The summed E-state index contributed by atoms with van der Waals surface area (Å²) in [5.41, 5.74) is 4.03. The van der Waals surface area contributed by atoms with Crippen LogP contribution < -0.4 is 15.0 Å². The Labute approximate surface area is 155 Å². The molecule has 0 saturated carbocycles. The average molecular weight is 367 g/mol. The van der Waals surface area contributed by atoms with E-state index in [-0.39, 0.29) is 5.56 Å². The first-order chi connectivity index (χ1) is 12.5. The lowest BCUT2D eigenvalue weighted by molar-refractivity contribution is 0.541. The molecule has 3 heterocycles. The van der Waals surface area contributed by atoms with Gasteiger partial charge in [-0.3, -0.25) is 4.79 Å². The smallest absolute Gasteiger partial charge is 0.275 e. The van der Waals surface area contributed by atoms with Crippen LogP contribution in [-0.2, 0) is 0 Å². The Morgan fingerprint density at radius 2 is 1.92 bits per heavy atom. The normalized spacial score (nSPS) is 12.5. The molecule has 0 aliphatic rings. The van der Waals surface area contributed by atoms with E-state index in [4.69, 9.17) is 4.42 Å². The summed E-state index contributed by atoms with van der Waals surface area (Å²) in [6, 6.07) is 7.93. The highest BCUT2D eigenvalue weighted by Crippen LogP contribution is 2.21. The maximum atomic E-state index is 12.9. The van der Waals surface area contributed by atoms with Crippen LogP contribution in [0.3, 0.4) is 0 Å². The van der Waals surface area contributed by atoms with Crippen LogP contribution in [0.1, 0.15) is 30.7 Å². The van der Waals surface area contributed by atoms with Gasteiger partial charge in [-0.15, -0.1) is 0 Å². The molecule has 0 unspecified atom stereocenters. The molecule has 26 heavy (non-hydrogen) atoms. The molecule has 5 nitrogen and oxygen atoms in total. The van der Waals surface area contributed by atoms with Gasteiger partial charge in [0.25, 0.3) is 5.56 Å². The van der Waals surface area contributed by atoms with Crippen molar-refractivity contribution in [2.24, 2.45) is 0 Å². The third-order valence-electron chi connectivity index (χ3n) is 4.82. The number of anilines is 1. The first-order valence-corrected chi connectivity index (χ1v) is 9.62. The van der Waals surface area contributed by atoms with E-state index in [1.807, 2.05) is 30.3 Å². The number of furan rings is 1. The van der Waals surface area contributed by atoms with Crippen LogP contribution in [-0.4, -0.2) is 22.5 Å². The quantitative estimate of drug-likeness (QED) is 0.554. The molecule has 0 amide bonds. The number of rotatable bonds is 4. The molecular formula is C20H21N3O2S. The van der Waals surface area contributed by atoms with Gasteiger partial charge >= 0.3 is 0 Å². The minimum Gasteiger partial charge on any atom is -0.441 e. The molecule has 4 rings (SSSR count). The summed E-state index contributed by atoms with van der Waals surface area (Å²) in [5, 5.41) is 0. The van der Waals surface area contributed by atoms with E-state index in [2.05, 4.69) is 37.6 Å². The molecule has 0 N–H and O–H groups in total. The van der Waals surface area contributed by atoms with E-state index in [1.54, 1.807) is 4.40 Å². The lowest BCUT2D eigenvalue weighted by Crippen LogP contribution is -2.22. The van der Waals surface area contributed by atoms with Gasteiger partial charge in [-0.2, -0.15) is 0 Å². The highest BCUT2D eigenvalue weighted by atomic mass is 32.1. The van der Waals surface area contributed by atoms with Crippen molar-refractivity contribution in [2.45, 2.75) is 27.7 Å². The number of aryl methyl sites for hydroxylation is 2. The summed E-state index contributed by atoms with van der Waals surface area (Å²) in [5.74, 6) is 1.51. The van der Waals surface area contributed by atoms with Crippen LogP contribution >= 0.6 is 11.3 Å². The fraction of sp³-hybridized carbons (Fsp3) is 0.300. The van der Waals surface area contributed by atoms with Crippen molar-refractivity contribution >= 4 is 39.3 Å². The van der Waals surface area contributed by atoms with Gasteiger partial charge in [-0.25, -0.2) is 9.38 Å². The predicted molar refractivity (Wildman–Crippen MR) is 107 cm³/mol. The zero-order valence-corrected chi connectivity index (χ0v) is 16.2. The molecule has 0 aliphatic carbocycles. The molecular weight excluding hydrogens is 346 g/mol. The van der Waals surface area contributed by atoms with Crippen molar-refractivity contribution in [3.8, 4) is 0 Å². The molecule has 6 heteroatoms. The Hall–Kier alpha value is -2.60. The highest BCUT2D eigenvalue weighted by Gasteiger charge is 2.13. The Balaban J connectivity index is 1.85. The zero-order chi connectivity index (χ0) is 18.4. The van der Waals surface area contributed by atoms with Crippen molar-refractivity contribution in [1.29, 1.82) is 0 Å². The first kappa shape index (κ1) is 16.8. The minimum absolute atomic E-state index is 0.0449. The molecule has 134 valence electrons. The van der Waals surface area contributed by atoms with Crippen molar-refractivity contribution in [3.63, 3.8) is 0 Å². The van der Waals surface area contributed by atoms with Gasteiger partial charge in [0.2, 0.25) is 0 Å². The standard InChI is InChI=1S/C20H21N3O2S/c1-5-22(6-2)18-8-7-14(25-18)11-17-19(24)23-16-10-13(4)12(3)9-15(16)21-20(23)26-17/h7-11H,5-6H2,1-4H3. The zero-order valence-electron chi connectivity index (χ0n) is 15.4. The predicted octanol–water partition coefficient (Wildman–Crippen LogP) is 3.51. The Morgan fingerprint density at radius 1 is 1.19 bits per heavy atom. The van der Waals surface area contributed by atoms with Crippen molar-refractivity contribution in [1.82, 2.24) is 9.38 Å². The number of thiazole rings is 1. The molecule has 0 aliphatic heterocycles. The van der Waals surface area contributed by atoms with Crippen LogP contribution in [0.15, 0.2) is 33.5 Å². The molecule has 4 aromatic rings. The van der Waals surface area contributed by atoms with E-state index in [0.29, 0.717) is 10.3 Å². The summed E-state index contributed by atoms with van der Waals surface area (Å²) in [4.78, 5) is 20.4. The highest BCUT2D eigenvalue weighted by molar-refractivity contribution is 7.15. The molecule has 0 bridgehead atoms. The molecule has 0 atom stereocenters.